The monoisotopic (exact) mass is 910 g/mol. The fraction of sp³-hybridized carbons (Fsp3) is 0.241. The summed E-state index contributed by atoms with van der Waals surface area (Å²) in [5, 5.41) is 9.47. The van der Waals surface area contributed by atoms with Gasteiger partial charge in [-0.1, -0.05) is 130 Å². The second kappa shape index (κ2) is 23.0. The molecule has 7 rings (SSSR count). The summed E-state index contributed by atoms with van der Waals surface area (Å²) in [5.74, 6) is -2.57. The van der Waals surface area contributed by atoms with Crippen LogP contribution in [-0.2, 0) is 36.9 Å². The Morgan fingerprint density at radius 1 is 0.735 bits per heavy atom. The third-order valence-electron chi connectivity index (χ3n) is 11.7. The third kappa shape index (κ3) is 12.5. The summed E-state index contributed by atoms with van der Waals surface area (Å²) in [6, 6.07) is 42.1. The number of hydrazine groups is 1. The van der Waals surface area contributed by atoms with Gasteiger partial charge in [0.1, 0.15) is 29.6 Å². The molecule has 3 aromatic heterocycles. The quantitative estimate of drug-likeness (QED) is 0.0327. The number of ketones is 1. The van der Waals surface area contributed by atoms with Crippen LogP contribution >= 0.6 is 0 Å². The average Bonchev–Trinajstić information content (AvgIpc) is 3.35. The lowest BCUT2D eigenvalue weighted by Crippen LogP contribution is -2.57. The van der Waals surface area contributed by atoms with Crippen molar-refractivity contribution in [2.75, 3.05) is 11.9 Å². The summed E-state index contributed by atoms with van der Waals surface area (Å²) >= 11 is 0. The maximum Gasteiger partial charge on any atom is 0.312 e. The van der Waals surface area contributed by atoms with E-state index < -0.39 is 65.6 Å². The number of para-hydroxylation sites is 2. The number of nitrogens with zero attached hydrogens (tertiary/aromatic N) is 4. The number of hydrogen-bond acceptors (Lipinski definition) is 12. The van der Waals surface area contributed by atoms with E-state index in [0.29, 0.717) is 28.1 Å². The number of nitrogens with two attached hydrogens (primary N) is 1. The molecule has 346 valence electrons. The lowest BCUT2D eigenvalue weighted by atomic mass is 9.80. The minimum atomic E-state index is -1.34. The van der Waals surface area contributed by atoms with Gasteiger partial charge in [-0.2, -0.15) is 0 Å². The van der Waals surface area contributed by atoms with E-state index in [0.717, 1.165) is 16.3 Å². The Kier molecular flexibility index (Phi) is 16.3. The van der Waals surface area contributed by atoms with Crippen LogP contribution in [0.4, 0.5) is 5.82 Å². The van der Waals surface area contributed by atoms with E-state index in [1.54, 1.807) is 98.7 Å². The highest BCUT2D eigenvalue weighted by Crippen LogP contribution is 2.30. The number of nitrogens with one attached hydrogen (secondary N) is 3. The van der Waals surface area contributed by atoms with E-state index in [1.807, 2.05) is 90.9 Å². The fourth-order valence-electron chi connectivity index (χ4n) is 8.08. The maximum atomic E-state index is 15.5. The van der Waals surface area contributed by atoms with Crippen LogP contribution in [0.5, 0.6) is 0 Å². The summed E-state index contributed by atoms with van der Waals surface area (Å²) in [4.78, 5) is 83.8. The van der Waals surface area contributed by atoms with Crippen molar-refractivity contribution in [2.45, 2.75) is 58.0 Å². The van der Waals surface area contributed by atoms with Crippen LogP contribution in [0, 0.1) is 17.8 Å². The summed E-state index contributed by atoms with van der Waals surface area (Å²) < 4.78 is 6.40. The zero-order chi connectivity index (χ0) is 48.0. The molecule has 68 heavy (non-hydrogen) atoms. The van der Waals surface area contributed by atoms with E-state index >= 15 is 4.79 Å². The van der Waals surface area contributed by atoms with Crippen molar-refractivity contribution >= 4 is 57.1 Å². The Labute approximate surface area is 395 Å². The Balaban J connectivity index is 1.28. The molecule has 0 aliphatic carbocycles. The lowest BCUT2D eigenvalue weighted by molar-refractivity contribution is -0.156. The molecule has 4 aromatic carbocycles. The molecule has 0 aliphatic heterocycles. The first-order valence-corrected chi connectivity index (χ1v) is 22.5. The maximum absolute atomic E-state index is 15.5. The normalized spacial score (nSPS) is 13.9. The van der Waals surface area contributed by atoms with Gasteiger partial charge in [-0.05, 0) is 59.5 Å². The number of amides is 2. The molecule has 0 radical (unpaired) electrons. The van der Waals surface area contributed by atoms with E-state index in [9.17, 15) is 19.2 Å². The van der Waals surface area contributed by atoms with Crippen molar-refractivity contribution in [2.24, 2.45) is 23.5 Å². The van der Waals surface area contributed by atoms with Crippen LogP contribution in [-0.4, -0.2) is 74.2 Å². The zero-order valence-electron chi connectivity index (χ0n) is 38.1. The largest absolute Gasteiger partial charge is 0.460 e. The SMILES string of the molecule is CC(C)[C@H](NC(=O)c1ccc2ccccc2n1)C(=O)[C@@H](C(N)c1ccccc1)[C@@H](CN(Cc1ccccc1)NC(=O)[C@@H](Nc1ccc2ccccc2n1)C(C)C=C=O)OC(=O)Cc1ccccn1. The lowest BCUT2D eigenvalue weighted by Gasteiger charge is -2.37. The van der Waals surface area contributed by atoms with Gasteiger partial charge >= 0.3 is 5.97 Å². The van der Waals surface area contributed by atoms with Crippen molar-refractivity contribution in [1.82, 2.24) is 30.7 Å². The highest BCUT2D eigenvalue weighted by molar-refractivity contribution is 5.99. The first kappa shape index (κ1) is 48.0. The second-order valence-electron chi connectivity index (χ2n) is 17.0. The van der Waals surface area contributed by atoms with Gasteiger partial charge < -0.3 is 21.1 Å². The number of carbonyl (C=O) groups is 4. The predicted octanol–water partition coefficient (Wildman–Crippen LogP) is 7.01. The number of anilines is 1. The fourth-order valence-corrected chi connectivity index (χ4v) is 8.08. The number of carbonyl (C=O) groups excluding carboxylic acids is 5. The molecule has 14 heteroatoms. The van der Waals surface area contributed by atoms with Crippen molar-refractivity contribution in [3.63, 3.8) is 0 Å². The number of pyridine rings is 3. The number of hydrogen-bond donors (Lipinski definition) is 4. The molecule has 0 bridgehead atoms. The molecule has 0 saturated carbocycles. The summed E-state index contributed by atoms with van der Waals surface area (Å²) in [6.45, 7) is 5.14. The van der Waals surface area contributed by atoms with Gasteiger partial charge in [-0.3, -0.25) is 29.6 Å². The van der Waals surface area contributed by atoms with E-state index in [2.05, 4.69) is 26.0 Å². The molecule has 14 nitrogen and oxygen atoms in total. The van der Waals surface area contributed by atoms with Crippen LogP contribution in [0.15, 0.2) is 164 Å². The first-order chi connectivity index (χ1) is 33.0. The number of benzene rings is 4. The molecule has 5 N–H and O–H groups in total. The van der Waals surface area contributed by atoms with Gasteiger partial charge in [0, 0.05) is 41.5 Å². The predicted molar refractivity (Wildman–Crippen MR) is 261 cm³/mol. The number of rotatable bonds is 21. The van der Waals surface area contributed by atoms with Crippen molar-refractivity contribution < 1.29 is 28.7 Å². The second-order valence-corrected chi connectivity index (χ2v) is 17.0. The molecular weight excluding hydrogens is 857 g/mol. The summed E-state index contributed by atoms with van der Waals surface area (Å²) in [6.07, 6.45) is 1.25. The molecule has 2 unspecified atom stereocenters. The van der Waals surface area contributed by atoms with Gasteiger partial charge in [0.25, 0.3) is 11.8 Å². The van der Waals surface area contributed by atoms with Crippen molar-refractivity contribution in [1.29, 1.82) is 0 Å². The van der Waals surface area contributed by atoms with Gasteiger partial charge in [-0.15, -0.1) is 0 Å². The van der Waals surface area contributed by atoms with Crippen LogP contribution in [0.25, 0.3) is 21.8 Å². The average molecular weight is 911 g/mol. The molecule has 0 saturated heterocycles. The standard InChI is InChI=1S/C54H54N8O6/c1-35(2)50(60-53(66)44-27-25-38-18-10-12-23-42(38)57-44)52(65)48(49(55)40-20-8-5-9-21-40)45(68-47(64)32-41-22-14-15-30-56-41)34-62(33-37-16-6-4-7-17-37)61-54(67)51(36(3)29-31-63)59-46-28-26-39-19-11-13-24-43(39)58-46/h4-30,35-36,45,48-51H,32-34,55H2,1-3H3,(H,58,59)(H,60,66)(H,61,67)/t36?,45-,48-,49?,50+,51+/m1/s1. The number of fused-ring (bicyclic) bond motifs is 2. The van der Waals surface area contributed by atoms with Gasteiger partial charge in [0.15, 0.2) is 5.78 Å². The number of aromatic nitrogens is 3. The van der Waals surface area contributed by atoms with Crippen molar-refractivity contribution in [3.8, 4) is 0 Å². The van der Waals surface area contributed by atoms with Gasteiger partial charge in [-0.25, -0.2) is 19.8 Å². The van der Waals surface area contributed by atoms with Crippen molar-refractivity contribution in [3.05, 3.63) is 186 Å². The Bertz CT molecular complexity index is 2880. The minimum Gasteiger partial charge on any atom is -0.460 e. The Hall–Kier alpha value is -7.90. The molecule has 0 spiro atoms. The number of Topliss-reactive ketones (excluding diaryl/α,β-unsaturated/α-hetero) is 1. The highest BCUT2D eigenvalue weighted by atomic mass is 16.5. The first-order valence-electron chi connectivity index (χ1n) is 22.5. The van der Waals surface area contributed by atoms with E-state index in [1.165, 1.54) is 6.08 Å². The van der Waals surface area contributed by atoms with E-state index in [-0.39, 0.29) is 25.2 Å². The van der Waals surface area contributed by atoms with Crippen LogP contribution < -0.4 is 21.8 Å². The minimum absolute atomic E-state index is 0.0825. The topological polar surface area (TPSA) is 199 Å². The summed E-state index contributed by atoms with van der Waals surface area (Å²) in [5.41, 5.74) is 13.4. The number of esters is 1. The molecule has 2 amide bonds. The third-order valence-corrected chi connectivity index (χ3v) is 11.7. The van der Waals surface area contributed by atoms with Crippen LogP contribution in [0.2, 0.25) is 0 Å². The molecular formula is C54H54N8O6. The summed E-state index contributed by atoms with van der Waals surface area (Å²) in [7, 11) is 0. The number of ether oxygens (including phenoxy) is 1. The highest BCUT2D eigenvalue weighted by Gasteiger charge is 2.43. The molecule has 0 fully saturated rings. The van der Waals surface area contributed by atoms with Gasteiger partial charge in [0.05, 0.1) is 41.7 Å². The Morgan fingerprint density at radius 3 is 2.03 bits per heavy atom. The molecule has 3 heterocycles. The molecule has 0 aliphatic rings. The molecule has 6 atom stereocenters. The van der Waals surface area contributed by atoms with Crippen LogP contribution in [0.3, 0.4) is 0 Å². The zero-order valence-corrected chi connectivity index (χ0v) is 38.1. The van der Waals surface area contributed by atoms with Gasteiger partial charge in [0.2, 0.25) is 0 Å². The van der Waals surface area contributed by atoms with E-state index in [4.69, 9.17) is 15.5 Å². The van der Waals surface area contributed by atoms with Crippen LogP contribution in [0.1, 0.15) is 54.1 Å². The molecule has 7 aromatic rings. The smallest absolute Gasteiger partial charge is 0.312 e. The Morgan fingerprint density at radius 2 is 1.37 bits per heavy atom.